The summed E-state index contributed by atoms with van der Waals surface area (Å²) >= 11 is 5.98. The molecule has 20 heavy (non-hydrogen) atoms. The van der Waals surface area contributed by atoms with Gasteiger partial charge < -0.3 is 10.1 Å². The van der Waals surface area contributed by atoms with E-state index in [0.29, 0.717) is 10.7 Å². The number of ether oxygens (including phenoxy) is 1. The fourth-order valence-electron chi connectivity index (χ4n) is 2.62. The molecule has 2 atom stereocenters. The van der Waals surface area contributed by atoms with E-state index < -0.39 is 0 Å². The first-order valence-corrected chi connectivity index (χ1v) is 7.50. The Morgan fingerprint density at radius 2 is 2.30 bits per heavy atom. The maximum Gasteiger partial charge on any atom is 0.251 e. The minimum absolute atomic E-state index is 0.0755. The Labute approximate surface area is 124 Å². The molecule has 0 radical (unpaired) electrons. The standard InChI is InChI=1S/C15H21ClN2O2/c1-3-4-11-7-10(8-14(16)17-11)15(19)18-12-5-6-13(9-12)20-2/h7-8,12-13H,3-6,9H2,1-2H3,(H,18,19). The lowest BCUT2D eigenvalue weighted by Crippen LogP contribution is -2.33. The molecule has 2 rings (SSSR count). The van der Waals surface area contributed by atoms with Crippen LogP contribution in [-0.2, 0) is 11.2 Å². The molecule has 2 unspecified atom stereocenters. The van der Waals surface area contributed by atoms with E-state index in [2.05, 4.69) is 17.2 Å². The van der Waals surface area contributed by atoms with Gasteiger partial charge >= 0.3 is 0 Å². The van der Waals surface area contributed by atoms with Crippen LogP contribution in [0.25, 0.3) is 0 Å². The monoisotopic (exact) mass is 296 g/mol. The zero-order valence-corrected chi connectivity index (χ0v) is 12.7. The van der Waals surface area contributed by atoms with Crippen molar-refractivity contribution >= 4 is 17.5 Å². The molecule has 0 bridgehead atoms. The third kappa shape index (κ3) is 3.93. The van der Waals surface area contributed by atoms with Crippen LogP contribution in [0.3, 0.4) is 0 Å². The van der Waals surface area contributed by atoms with Crippen LogP contribution in [0.15, 0.2) is 12.1 Å². The molecule has 110 valence electrons. The van der Waals surface area contributed by atoms with Crippen LogP contribution in [0, 0.1) is 0 Å². The van der Waals surface area contributed by atoms with Gasteiger partial charge in [0.05, 0.1) is 6.10 Å². The normalized spacial score (nSPS) is 21.9. The van der Waals surface area contributed by atoms with Crippen molar-refractivity contribution in [3.05, 3.63) is 28.5 Å². The molecule has 1 N–H and O–H groups in total. The number of nitrogens with zero attached hydrogens (tertiary/aromatic N) is 1. The summed E-state index contributed by atoms with van der Waals surface area (Å²) in [4.78, 5) is 16.5. The Hall–Kier alpha value is -1.13. The fourth-order valence-corrected chi connectivity index (χ4v) is 2.85. The van der Waals surface area contributed by atoms with Crippen LogP contribution in [-0.4, -0.2) is 30.1 Å². The molecular formula is C15H21ClN2O2. The number of amides is 1. The number of hydrogen-bond acceptors (Lipinski definition) is 3. The summed E-state index contributed by atoms with van der Waals surface area (Å²) in [6, 6.07) is 3.64. The molecule has 1 aliphatic carbocycles. The fraction of sp³-hybridized carbons (Fsp3) is 0.600. The number of aryl methyl sites for hydroxylation is 1. The second-order valence-electron chi connectivity index (χ2n) is 5.26. The van der Waals surface area contributed by atoms with E-state index in [0.717, 1.165) is 37.8 Å². The average molecular weight is 297 g/mol. The van der Waals surface area contributed by atoms with E-state index in [1.54, 1.807) is 13.2 Å². The SMILES string of the molecule is CCCc1cc(C(=O)NC2CCC(OC)C2)cc(Cl)n1. The van der Waals surface area contributed by atoms with Crippen molar-refractivity contribution < 1.29 is 9.53 Å². The molecule has 4 nitrogen and oxygen atoms in total. The van der Waals surface area contributed by atoms with E-state index in [-0.39, 0.29) is 18.1 Å². The number of methoxy groups -OCH3 is 1. The summed E-state index contributed by atoms with van der Waals surface area (Å²) in [6.07, 6.45) is 4.91. The van der Waals surface area contributed by atoms with Crippen LogP contribution in [0.5, 0.6) is 0 Å². The van der Waals surface area contributed by atoms with Crippen LogP contribution in [0.4, 0.5) is 0 Å². The summed E-state index contributed by atoms with van der Waals surface area (Å²) in [7, 11) is 1.72. The van der Waals surface area contributed by atoms with E-state index in [1.165, 1.54) is 0 Å². The Kier molecular flexibility index (Phi) is 5.38. The van der Waals surface area contributed by atoms with Gasteiger partial charge in [0.2, 0.25) is 0 Å². The van der Waals surface area contributed by atoms with E-state index in [4.69, 9.17) is 16.3 Å². The minimum Gasteiger partial charge on any atom is -0.381 e. The molecule has 0 saturated heterocycles. The second-order valence-corrected chi connectivity index (χ2v) is 5.65. The molecule has 1 aliphatic rings. The third-order valence-corrected chi connectivity index (χ3v) is 3.86. The molecule has 1 aromatic rings. The Bertz CT molecular complexity index is 479. The lowest BCUT2D eigenvalue weighted by atomic mass is 10.1. The smallest absolute Gasteiger partial charge is 0.251 e. The van der Waals surface area contributed by atoms with Gasteiger partial charge in [-0.1, -0.05) is 24.9 Å². The lowest BCUT2D eigenvalue weighted by molar-refractivity contribution is 0.0915. The number of carbonyl (C=O) groups is 1. The van der Waals surface area contributed by atoms with Gasteiger partial charge in [-0.15, -0.1) is 0 Å². The van der Waals surface area contributed by atoms with Crippen molar-refractivity contribution in [3.63, 3.8) is 0 Å². The van der Waals surface area contributed by atoms with Crippen molar-refractivity contribution in [3.8, 4) is 0 Å². The number of halogens is 1. The Balaban J connectivity index is 2.02. The van der Waals surface area contributed by atoms with Crippen LogP contribution in [0.2, 0.25) is 5.15 Å². The molecule has 0 spiro atoms. The van der Waals surface area contributed by atoms with Crippen molar-refractivity contribution in [2.45, 2.75) is 51.2 Å². The first kappa shape index (κ1) is 15.3. The first-order valence-electron chi connectivity index (χ1n) is 7.12. The molecule has 0 aromatic carbocycles. The number of rotatable bonds is 5. The Morgan fingerprint density at radius 3 is 2.95 bits per heavy atom. The third-order valence-electron chi connectivity index (χ3n) is 3.67. The van der Waals surface area contributed by atoms with Gasteiger partial charge in [-0.2, -0.15) is 0 Å². The molecular weight excluding hydrogens is 276 g/mol. The van der Waals surface area contributed by atoms with E-state index in [9.17, 15) is 4.79 Å². The number of hydrogen-bond donors (Lipinski definition) is 1. The highest BCUT2D eigenvalue weighted by atomic mass is 35.5. The maximum atomic E-state index is 12.3. The second kappa shape index (κ2) is 7.04. The predicted molar refractivity (Wildman–Crippen MR) is 79.1 cm³/mol. The first-order chi connectivity index (χ1) is 9.62. The summed E-state index contributed by atoms with van der Waals surface area (Å²) < 4.78 is 5.32. The number of carbonyl (C=O) groups excluding carboxylic acids is 1. The van der Waals surface area contributed by atoms with Gasteiger partial charge in [0, 0.05) is 24.4 Å². The maximum absolute atomic E-state index is 12.3. The summed E-state index contributed by atoms with van der Waals surface area (Å²) in [5, 5.41) is 3.43. The lowest BCUT2D eigenvalue weighted by Gasteiger charge is -2.13. The zero-order valence-electron chi connectivity index (χ0n) is 12.0. The predicted octanol–water partition coefficient (Wildman–Crippen LogP) is 2.98. The van der Waals surface area contributed by atoms with Crippen molar-refractivity contribution in [1.82, 2.24) is 10.3 Å². The van der Waals surface area contributed by atoms with E-state index >= 15 is 0 Å². The molecule has 1 saturated carbocycles. The summed E-state index contributed by atoms with van der Waals surface area (Å²) in [5.74, 6) is -0.0755. The van der Waals surface area contributed by atoms with E-state index in [1.807, 2.05) is 6.07 Å². The number of aromatic nitrogens is 1. The average Bonchev–Trinajstić information content (AvgIpc) is 2.86. The molecule has 1 fully saturated rings. The molecule has 0 aliphatic heterocycles. The number of nitrogens with one attached hydrogen (secondary N) is 1. The van der Waals surface area contributed by atoms with Gasteiger partial charge in [-0.05, 0) is 37.8 Å². The minimum atomic E-state index is -0.0755. The van der Waals surface area contributed by atoms with Crippen molar-refractivity contribution in [2.24, 2.45) is 0 Å². The van der Waals surface area contributed by atoms with Crippen LogP contribution < -0.4 is 5.32 Å². The molecule has 5 heteroatoms. The van der Waals surface area contributed by atoms with Gasteiger partial charge in [0.15, 0.2) is 0 Å². The highest BCUT2D eigenvalue weighted by Crippen LogP contribution is 2.22. The summed E-state index contributed by atoms with van der Waals surface area (Å²) in [6.45, 7) is 2.08. The van der Waals surface area contributed by atoms with Gasteiger partial charge in [-0.3, -0.25) is 4.79 Å². The zero-order chi connectivity index (χ0) is 14.5. The molecule has 1 aromatic heterocycles. The van der Waals surface area contributed by atoms with Crippen molar-refractivity contribution in [1.29, 1.82) is 0 Å². The summed E-state index contributed by atoms with van der Waals surface area (Å²) in [5.41, 5.74) is 1.46. The molecule has 1 amide bonds. The highest BCUT2D eigenvalue weighted by Gasteiger charge is 2.26. The molecule has 1 heterocycles. The van der Waals surface area contributed by atoms with Crippen LogP contribution >= 0.6 is 11.6 Å². The Morgan fingerprint density at radius 1 is 1.50 bits per heavy atom. The van der Waals surface area contributed by atoms with Gasteiger partial charge in [0.1, 0.15) is 5.15 Å². The largest absolute Gasteiger partial charge is 0.381 e. The number of pyridine rings is 1. The topological polar surface area (TPSA) is 51.2 Å². The van der Waals surface area contributed by atoms with Crippen molar-refractivity contribution in [2.75, 3.05) is 7.11 Å². The van der Waals surface area contributed by atoms with Crippen LogP contribution in [0.1, 0.15) is 48.7 Å². The van der Waals surface area contributed by atoms with Gasteiger partial charge in [0.25, 0.3) is 5.91 Å². The quantitative estimate of drug-likeness (QED) is 0.850. The highest BCUT2D eigenvalue weighted by molar-refractivity contribution is 6.29. The van der Waals surface area contributed by atoms with Gasteiger partial charge in [-0.25, -0.2) is 4.98 Å².